The molecule has 0 saturated heterocycles. The lowest BCUT2D eigenvalue weighted by molar-refractivity contribution is 0.356. The molecule has 0 aliphatic carbocycles. The third kappa shape index (κ3) is 2.05. The van der Waals surface area contributed by atoms with E-state index in [0.29, 0.717) is 34.2 Å². The van der Waals surface area contributed by atoms with Crippen molar-refractivity contribution in [1.29, 1.82) is 0 Å². The number of anilines is 1. The van der Waals surface area contributed by atoms with Gasteiger partial charge in [-0.3, -0.25) is 4.40 Å². The van der Waals surface area contributed by atoms with Crippen molar-refractivity contribution in [3.63, 3.8) is 0 Å². The normalized spacial score (nSPS) is 10.8. The highest BCUT2D eigenvalue weighted by Crippen LogP contribution is 2.39. The van der Waals surface area contributed by atoms with E-state index >= 15 is 0 Å². The lowest BCUT2D eigenvalue weighted by Crippen LogP contribution is -1.97. The van der Waals surface area contributed by atoms with Gasteiger partial charge in [0.15, 0.2) is 11.5 Å². The monoisotopic (exact) mass is 287 g/mol. The van der Waals surface area contributed by atoms with Gasteiger partial charge in [-0.05, 0) is 24.3 Å². The summed E-state index contributed by atoms with van der Waals surface area (Å²) in [4.78, 5) is 4.44. The number of hydrogen-bond acceptors (Lipinski definition) is 4. The van der Waals surface area contributed by atoms with Gasteiger partial charge in [-0.2, -0.15) is 0 Å². The Morgan fingerprint density at radius 2 is 1.95 bits per heavy atom. The minimum atomic E-state index is -0.379. The van der Waals surface area contributed by atoms with Crippen LogP contribution >= 0.6 is 0 Å². The van der Waals surface area contributed by atoms with Crippen LogP contribution in [-0.2, 0) is 0 Å². The highest BCUT2D eigenvalue weighted by molar-refractivity contribution is 5.80. The van der Waals surface area contributed by atoms with Crippen LogP contribution in [0.1, 0.15) is 0 Å². The third-order valence-electron chi connectivity index (χ3n) is 3.28. The summed E-state index contributed by atoms with van der Waals surface area (Å²) >= 11 is 0. The smallest absolute Gasteiger partial charge is 0.170 e. The van der Waals surface area contributed by atoms with E-state index in [2.05, 4.69) is 4.98 Å². The third-order valence-corrected chi connectivity index (χ3v) is 3.28. The van der Waals surface area contributed by atoms with Gasteiger partial charge in [0.25, 0.3) is 0 Å². The maximum atomic E-state index is 13.3. The van der Waals surface area contributed by atoms with Crippen molar-refractivity contribution in [1.82, 2.24) is 9.38 Å². The zero-order chi connectivity index (χ0) is 15.0. The van der Waals surface area contributed by atoms with Gasteiger partial charge in [0.1, 0.15) is 23.0 Å². The summed E-state index contributed by atoms with van der Waals surface area (Å²) < 4.78 is 25.5. The number of benzene rings is 1. The number of nitrogens with two attached hydrogens (primary N) is 1. The van der Waals surface area contributed by atoms with Crippen LogP contribution < -0.4 is 15.2 Å². The van der Waals surface area contributed by atoms with E-state index in [1.807, 2.05) is 12.1 Å². The second-order valence-corrected chi connectivity index (χ2v) is 4.46. The summed E-state index contributed by atoms with van der Waals surface area (Å²) in [6.07, 6.45) is 1.30. The number of para-hydroxylation sites is 1. The fourth-order valence-corrected chi connectivity index (χ4v) is 2.31. The number of halogens is 1. The molecule has 2 heterocycles. The Morgan fingerprint density at radius 3 is 2.67 bits per heavy atom. The van der Waals surface area contributed by atoms with Crippen LogP contribution in [0, 0.1) is 5.82 Å². The second-order valence-electron chi connectivity index (χ2n) is 4.46. The van der Waals surface area contributed by atoms with Crippen LogP contribution in [0.5, 0.6) is 11.5 Å². The van der Waals surface area contributed by atoms with Crippen LogP contribution in [0.2, 0.25) is 0 Å². The van der Waals surface area contributed by atoms with Gasteiger partial charge in [-0.1, -0.05) is 6.07 Å². The molecule has 0 atom stereocenters. The highest BCUT2D eigenvalue weighted by atomic mass is 19.1. The van der Waals surface area contributed by atoms with E-state index in [9.17, 15) is 4.39 Å². The first-order valence-electron chi connectivity index (χ1n) is 6.30. The molecule has 0 bridgehead atoms. The number of imidazole rings is 1. The SMILES string of the molecule is COc1cccc(-c2nc3ccc(F)cn3c2N)c1OC. The van der Waals surface area contributed by atoms with Crippen molar-refractivity contribution in [2.24, 2.45) is 0 Å². The molecule has 3 aromatic rings. The van der Waals surface area contributed by atoms with Gasteiger partial charge in [0.2, 0.25) is 0 Å². The van der Waals surface area contributed by atoms with E-state index < -0.39 is 0 Å². The molecule has 6 heteroatoms. The van der Waals surface area contributed by atoms with Gasteiger partial charge in [0.05, 0.1) is 14.2 Å². The Kier molecular flexibility index (Phi) is 3.13. The average molecular weight is 287 g/mol. The van der Waals surface area contributed by atoms with Crippen molar-refractivity contribution >= 4 is 11.5 Å². The largest absolute Gasteiger partial charge is 0.493 e. The van der Waals surface area contributed by atoms with Gasteiger partial charge in [-0.15, -0.1) is 0 Å². The Hall–Kier alpha value is -2.76. The number of fused-ring (bicyclic) bond motifs is 1. The van der Waals surface area contributed by atoms with Crippen molar-refractivity contribution in [3.8, 4) is 22.8 Å². The van der Waals surface area contributed by atoms with Crippen LogP contribution in [0.4, 0.5) is 10.2 Å². The molecule has 1 aromatic carbocycles. The van der Waals surface area contributed by atoms with Gasteiger partial charge in [-0.25, -0.2) is 9.37 Å². The molecular weight excluding hydrogens is 273 g/mol. The van der Waals surface area contributed by atoms with Crippen molar-refractivity contribution < 1.29 is 13.9 Å². The van der Waals surface area contributed by atoms with E-state index in [1.54, 1.807) is 26.4 Å². The maximum Gasteiger partial charge on any atom is 0.170 e. The number of pyridine rings is 1. The van der Waals surface area contributed by atoms with Crippen LogP contribution in [0.3, 0.4) is 0 Å². The Labute approximate surface area is 120 Å². The number of ether oxygens (including phenoxy) is 2. The molecule has 0 fully saturated rings. The molecule has 5 nitrogen and oxygen atoms in total. The molecule has 3 rings (SSSR count). The standard InChI is InChI=1S/C15H14FN3O2/c1-20-11-5-3-4-10(14(11)21-2)13-15(17)19-8-9(16)6-7-12(19)18-13/h3-8H,17H2,1-2H3. The molecule has 0 unspecified atom stereocenters. The lowest BCUT2D eigenvalue weighted by atomic mass is 10.1. The summed E-state index contributed by atoms with van der Waals surface area (Å²) in [5, 5.41) is 0. The molecule has 2 N–H and O–H groups in total. The minimum absolute atomic E-state index is 0.344. The number of rotatable bonds is 3. The summed E-state index contributed by atoms with van der Waals surface area (Å²) in [5.74, 6) is 1.08. The first-order valence-corrected chi connectivity index (χ1v) is 6.30. The molecule has 0 aliphatic rings. The van der Waals surface area contributed by atoms with E-state index in [1.165, 1.54) is 16.7 Å². The number of hydrogen-bond donors (Lipinski definition) is 1. The molecule has 0 saturated carbocycles. The number of nitrogens with zero attached hydrogens (tertiary/aromatic N) is 2. The number of nitrogen functional groups attached to an aromatic ring is 1. The molecule has 0 aliphatic heterocycles. The zero-order valence-corrected chi connectivity index (χ0v) is 11.6. The number of methoxy groups -OCH3 is 2. The van der Waals surface area contributed by atoms with Crippen molar-refractivity contribution in [3.05, 3.63) is 42.3 Å². The van der Waals surface area contributed by atoms with Gasteiger partial charge in [0, 0.05) is 11.8 Å². The van der Waals surface area contributed by atoms with Crippen LogP contribution in [-0.4, -0.2) is 23.6 Å². The second kappa shape index (κ2) is 4.97. The molecule has 108 valence electrons. The molecule has 21 heavy (non-hydrogen) atoms. The Bertz CT molecular complexity index is 814. The first-order chi connectivity index (χ1) is 10.2. The van der Waals surface area contributed by atoms with Crippen molar-refractivity contribution in [2.45, 2.75) is 0 Å². The lowest BCUT2D eigenvalue weighted by Gasteiger charge is -2.11. The quantitative estimate of drug-likeness (QED) is 0.804. The summed E-state index contributed by atoms with van der Waals surface area (Å²) in [6, 6.07) is 8.35. The Balaban J connectivity index is 2.28. The fraction of sp³-hybridized carbons (Fsp3) is 0.133. The maximum absolute atomic E-state index is 13.3. The predicted molar refractivity (Wildman–Crippen MR) is 78.1 cm³/mol. The number of aromatic nitrogens is 2. The van der Waals surface area contributed by atoms with E-state index in [0.717, 1.165) is 0 Å². The van der Waals surface area contributed by atoms with E-state index in [4.69, 9.17) is 15.2 Å². The predicted octanol–water partition coefficient (Wildman–Crippen LogP) is 2.74. The van der Waals surface area contributed by atoms with Crippen LogP contribution in [0.25, 0.3) is 16.9 Å². The summed E-state index contributed by atoms with van der Waals surface area (Å²) in [5.41, 5.74) is 7.87. The average Bonchev–Trinajstić information content (AvgIpc) is 2.83. The van der Waals surface area contributed by atoms with Gasteiger partial charge >= 0.3 is 0 Å². The molecule has 0 radical (unpaired) electrons. The molecule has 0 spiro atoms. The zero-order valence-electron chi connectivity index (χ0n) is 11.6. The van der Waals surface area contributed by atoms with Crippen molar-refractivity contribution in [2.75, 3.05) is 20.0 Å². The minimum Gasteiger partial charge on any atom is -0.493 e. The van der Waals surface area contributed by atoms with Crippen LogP contribution in [0.15, 0.2) is 36.5 Å². The molecule has 2 aromatic heterocycles. The molecular formula is C15H14FN3O2. The first kappa shape index (κ1) is 13.2. The summed E-state index contributed by atoms with van der Waals surface area (Å²) in [7, 11) is 3.11. The fourth-order valence-electron chi connectivity index (χ4n) is 2.31. The Morgan fingerprint density at radius 1 is 1.14 bits per heavy atom. The summed E-state index contributed by atoms with van der Waals surface area (Å²) in [6.45, 7) is 0. The topological polar surface area (TPSA) is 61.8 Å². The highest BCUT2D eigenvalue weighted by Gasteiger charge is 2.18. The molecule has 0 amide bonds. The van der Waals surface area contributed by atoms with Gasteiger partial charge < -0.3 is 15.2 Å². The van der Waals surface area contributed by atoms with E-state index in [-0.39, 0.29) is 5.82 Å².